The molecule has 1 aliphatic rings. The number of hydrogen-bond acceptors (Lipinski definition) is 4. The van der Waals surface area contributed by atoms with Gasteiger partial charge in [-0.1, -0.05) is 12.1 Å². The lowest BCUT2D eigenvalue weighted by molar-refractivity contribution is 0.0126. The fourth-order valence-corrected chi connectivity index (χ4v) is 1.88. The third-order valence-electron chi connectivity index (χ3n) is 2.80. The average molecular weight is 235 g/mol. The summed E-state index contributed by atoms with van der Waals surface area (Å²) in [6.45, 7) is 4.58. The number of morpholine rings is 1. The van der Waals surface area contributed by atoms with E-state index in [0.29, 0.717) is 37.6 Å². The molecule has 0 aliphatic carbocycles. The molecular formula is C12H17N3O2. The van der Waals surface area contributed by atoms with Crippen LogP contribution in [0.3, 0.4) is 0 Å². The van der Waals surface area contributed by atoms with Gasteiger partial charge in [0.25, 0.3) is 5.91 Å². The second kappa shape index (κ2) is 5.16. The van der Waals surface area contributed by atoms with E-state index >= 15 is 0 Å². The lowest BCUT2D eigenvalue weighted by Gasteiger charge is -2.27. The van der Waals surface area contributed by atoms with Crippen LogP contribution in [0.15, 0.2) is 18.2 Å². The summed E-state index contributed by atoms with van der Waals surface area (Å²) in [5.41, 5.74) is 10.6. The molecule has 0 atom stereocenters. The molecule has 0 spiro atoms. The summed E-state index contributed by atoms with van der Waals surface area (Å²) in [5.74, 6) is -0.150. The molecule has 5 heteroatoms. The average Bonchev–Trinajstić information content (AvgIpc) is 2.30. The van der Waals surface area contributed by atoms with Crippen molar-refractivity contribution < 1.29 is 9.53 Å². The third-order valence-corrected chi connectivity index (χ3v) is 2.80. The predicted octanol–water partition coefficient (Wildman–Crippen LogP) is 0.554. The van der Waals surface area contributed by atoms with Crippen molar-refractivity contribution in [1.29, 1.82) is 0 Å². The monoisotopic (exact) mass is 235 g/mol. The summed E-state index contributed by atoms with van der Waals surface area (Å²) < 4.78 is 5.22. The first kappa shape index (κ1) is 11.9. The van der Waals surface area contributed by atoms with Gasteiger partial charge in [-0.2, -0.15) is 0 Å². The fourth-order valence-electron chi connectivity index (χ4n) is 1.88. The van der Waals surface area contributed by atoms with Crippen LogP contribution in [-0.2, 0) is 4.74 Å². The molecule has 1 heterocycles. The highest BCUT2D eigenvalue weighted by Crippen LogP contribution is 2.16. The summed E-state index contributed by atoms with van der Waals surface area (Å²) in [7, 11) is 0. The third kappa shape index (κ3) is 2.75. The molecule has 1 aliphatic heterocycles. The lowest BCUT2D eigenvalue weighted by atomic mass is 10.1. The van der Waals surface area contributed by atoms with Crippen molar-refractivity contribution >= 4 is 11.6 Å². The van der Waals surface area contributed by atoms with Crippen LogP contribution in [-0.4, -0.2) is 37.2 Å². The highest BCUT2D eigenvalue weighted by atomic mass is 16.5. The maximum absolute atomic E-state index is 12.1. The molecule has 0 bridgehead atoms. The zero-order chi connectivity index (χ0) is 12.3. The Kier molecular flexibility index (Phi) is 3.61. The van der Waals surface area contributed by atoms with E-state index in [2.05, 4.69) is 5.43 Å². The van der Waals surface area contributed by atoms with E-state index in [1.807, 2.05) is 24.1 Å². The van der Waals surface area contributed by atoms with Crippen molar-refractivity contribution in [2.24, 2.45) is 0 Å². The lowest BCUT2D eigenvalue weighted by Crippen LogP contribution is -2.48. The molecule has 1 aromatic rings. The number of ether oxygens (including phenoxy) is 1. The van der Waals surface area contributed by atoms with Gasteiger partial charge in [-0.3, -0.25) is 10.2 Å². The van der Waals surface area contributed by atoms with Crippen LogP contribution in [0, 0.1) is 6.92 Å². The number of nitrogens with zero attached hydrogens (tertiary/aromatic N) is 1. The minimum Gasteiger partial charge on any atom is -0.398 e. The quantitative estimate of drug-likeness (QED) is 0.735. The highest BCUT2D eigenvalue weighted by Gasteiger charge is 2.17. The van der Waals surface area contributed by atoms with Gasteiger partial charge < -0.3 is 10.5 Å². The Hall–Kier alpha value is -1.59. The molecule has 0 saturated carbocycles. The minimum absolute atomic E-state index is 0.150. The van der Waals surface area contributed by atoms with E-state index < -0.39 is 0 Å². The standard InChI is InChI=1S/C12H17N3O2/c1-9-3-2-4-10(13)11(9)12(16)14-15-5-7-17-8-6-15/h2-4H,5-8,13H2,1H3,(H,14,16). The van der Waals surface area contributed by atoms with E-state index in [9.17, 15) is 4.79 Å². The number of amides is 1. The number of hydrazine groups is 1. The molecule has 17 heavy (non-hydrogen) atoms. The topological polar surface area (TPSA) is 67.6 Å². The Bertz CT molecular complexity index is 394. The van der Waals surface area contributed by atoms with Crippen LogP contribution < -0.4 is 11.2 Å². The van der Waals surface area contributed by atoms with Crippen LogP contribution in [0.25, 0.3) is 0 Å². The molecule has 0 unspecified atom stereocenters. The number of carbonyl (C=O) groups excluding carboxylic acids is 1. The van der Waals surface area contributed by atoms with Crippen LogP contribution in [0.2, 0.25) is 0 Å². The van der Waals surface area contributed by atoms with Crippen molar-refractivity contribution in [2.45, 2.75) is 6.92 Å². The van der Waals surface area contributed by atoms with E-state index in [4.69, 9.17) is 10.5 Å². The van der Waals surface area contributed by atoms with Gasteiger partial charge in [-0.25, -0.2) is 5.01 Å². The molecule has 92 valence electrons. The van der Waals surface area contributed by atoms with Crippen LogP contribution >= 0.6 is 0 Å². The summed E-state index contributed by atoms with van der Waals surface area (Å²) in [4.78, 5) is 12.1. The van der Waals surface area contributed by atoms with Gasteiger partial charge in [0, 0.05) is 18.8 Å². The zero-order valence-corrected chi connectivity index (χ0v) is 9.90. The van der Waals surface area contributed by atoms with Crippen molar-refractivity contribution in [1.82, 2.24) is 10.4 Å². The molecule has 2 rings (SSSR count). The van der Waals surface area contributed by atoms with Gasteiger partial charge in [0.15, 0.2) is 0 Å². The Labute approximate surface area is 101 Å². The number of nitrogens with one attached hydrogen (secondary N) is 1. The molecule has 1 saturated heterocycles. The van der Waals surface area contributed by atoms with Crippen molar-refractivity contribution in [2.75, 3.05) is 32.0 Å². The van der Waals surface area contributed by atoms with Crippen LogP contribution in [0.1, 0.15) is 15.9 Å². The maximum Gasteiger partial charge on any atom is 0.267 e. The Morgan fingerprint density at radius 3 is 2.76 bits per heavy atom. The number of benzene rings is 1. The number of rotatable bonds is 2. The molecule has 1 amide bonds. The van der Waals surface area contributed by atoms with E-state index in [-0.39, 0.29) is 5.91 Å². The SMILES string of the molecule is Cc1cccc(N)c1C(=O)NN1CCOCC1. The van der Waals surface area contributed by atoms with Crippen molar-refractivity contribution in [3.05, 3.63) is 29.3 Å². The van der Waals surface area contributed by atoms with Gasteiger partial charge in [0.2, 0.25) is 0 Å². The Morgan fingerprint density at radius 2 is 2.12 bits per heavy atom. The summed E-state index contributed by atoms with van der Waals surface area (Å²) >= 11 is 0. The number of anilines is 1. The molecule has 5 nitrogen and oxygen atoms in total. The number of aryl methyl sites for hydroxylation is 1. The number of nitrogens with two attached hydrogens (primary N) is 1. The van der Waals surface area contributed by atoms with Gasteiger partial charge in [-0.15, -0.1) is 0 Å². The minimum atomic E-state index is -0.150. The van der Waals surface area contributed by atoms with Crippen LogP contribution in [0.5, 0.6) is 0 Å². The van der Waals surface area contributed by atoms with Gasteiger partial charge in [0.1, 0.15) is 0 Å². The largest absolute Gasteiger partial charge is 0.398 e. The molecular weight excluding hydrogens is 218 g/mol. The summed E-state index contributed by atoms with van der Waals surface area (Å²) in [5, 5.41) is 1.86. The Balaban J connectivity index is 2.08. The zero-order valence-electron chi connectivity index (χ0n) is 9.90. The molecule has 1 aromatic carbocycles. The maximum atomic E-state index is 12.1. The second-order valence-electron chi connectivity index (χ2n) is 4.08. The summed E-state index contributed by atoms with van der Waals surface area (Å²) in [6.07, 6.45) is 0. The van der Waals surface area contributed by atoms with Gasteiger partial charge in [-0.05, 0) is 18.6 Å². The highest BCUT2D eigenvalue weighted by molar-refractivity contribution is 6.00. The normalized spacial score (nSPS) is 16.8. The van der Waals surface area contributed by atoms with E-state index in [0.717, 1.165) is 5.56 Å². The van der Waals surface area contributed by atoms with Gasteiger partial charge >= 0.3 is 0 Å². The van der Waals surface area contributed by atoms with E-state index in [1.54, 1.807) is 6.07 Å². The summed E-state index contributed by atoms with van der Waals surface area (Å²) in [6, 6.07) is 5.46. The molecule has 0 radical (unpaired) electrons. The molecule has 0 aromatic heterocycles. The smallest absolute Gasteiger partial charge is 0.267 e. The fraction of sp³-hybridized carbons (Fsp3) is 0.417. The molecule has 3 N–H and O–H groups in total. The Morgan fingerprint density at radius 1 is 1.41 bits per heavy atom. The first-order valence-electron chi connectivity index (χ1n) is 5.67. The second-order valence-corrected chi connectivity index (χ2v) is 4.08. The van der Waals surface area contributed by atoms with Crippen molar-refractivity contribution in [3.8, 4) is 0 Å². The number of hydrogen-bond donors (Lipinski definition) is 2. The first-order valence-corrected chi connectivity index (χ1v) is 5.67. The first-order chi connectivity index (χ1) is 8.18. The van der Waals surface area contributed by atoms with Crippen molar-refractivity contribution in [3.63, 3.8) is 0 Å². The number of carbonyl (C=O) groups is 1. The van der Waals surface area contributed by atoms with Crippen LogP contribution in [0.4, 0.5) is 5.69 Å². The predicted molar refractivity (Wildman–Crippen MR) is 65.4 cm³/mol. The molecule has 1 fully saturated rings. The number of nitrogen functional groups attached to an aromatic ring is 1. The van der Waals surface area contributed by atoms with Gasteiger partial charge in [0.05, 0.1) is 18.8 Å². The van der Waals surface area contributed by atoms with E-state index in [1.165, 1.54) is 0 Å².